The number of ether oxygens (including phenoxy) is 1. The number of hydrogen-bond donors (Lipinski definition) is 3. The Morgan fingerprint density at radius 3 is 2.81 bits per heavy atom. The molecule has 0 aliphatic carbocycles. The largest absolute Gasteiger partial charge is 0.491 e. The molecule has 1 aliphatic heterocycles. The normalized spacial score (nSPS) is 16.9. The maximum atomic E-state index is 14.4. The summed E-state index contributed by atoms with van der Waals surface area (Å²) in [5, 5.41) is 9.49. The number of nitrogens with zero attached hydrogens (tertiary/aromatic N) is 4. The number of anilines is 2. The van der Waals surface area contributed by atoms with Crippen LogP contribution in [0.2, 0.25) is 5.02 Å². The Morgan fingerprint density at radius 2 is 2.06 bits per heavy atom. The molecular formula is C24H25ClFN7O3. The predicted molar refractivity (Wildman–Crippen MR) is 133 cm³/mol. The zero-order valence-corrected chi connectivity index (χ0v) is 20.6. The molecular weight excluding hydrogens is 489 g/mol. The molecule has 1 aromatic carbocycles. The van der Waals surface area contributed by atoms with Crippen molar-refractivity contribution in [1.82, 2.24) is 30.5 Å². The van der Waals surface area contributed by atoms with Gasteiger partial charge in [-0.1, -0.05) is 11.6 Å². The van der Waals surface area contributed by atoms with Gasteiger partial charge >= 0.3 is 0 Å². The standard InChI is InChI=1S/C24H25ClFN7O3/c1-33(2)24(35)19-9-14(10-28-19)30-23(34)16-11-27-7-6-18(16)31-22-20(36-3)12-29-21(32-22)15-8-13(25)4-5-17(15)26/h4-8,11-12,14,19,28H,9-10H2,1-3H3,(H,30,34)(H,27,29,31,32)/t14?,19-/m1/s1. The van der Waals surface area contributed by atoms with Gasteiger partial charge in [-0.25, -0.2) is 14.4 Å². The first-order valence-electron chi connectivity index (χ1n) is 11.1. The zero-order chi connectivity index (χ0) is 25.8. The number of aromatic nitrogens is 3. The van der Waals surface area contributed by atoms with Crippen molar-refractivity contribution < 1.29 is 18.7 Å². The molecule has 36 heavy (non-hydrogen) atoms. The highest BCUT2D eigenvalue weighted by atomic mass is 35.5. The summed E-state index contributed by atoms with van der Waals surface area (Å²) >= 11 is 6.02. The SMILES string of the molecule is COc1cnc(-c2cc(Cl)ccc2F)nc1Nc1ccncc1C(=O)NC1CN[C@@H](C(=O)N(C)C)C1. The maximum absolute atomic E-state index is 14.4. The van der Waals surface area contributed by atoms with Crippen LogP contribution in [0, 0.1) is 5.82 Å². The molecule has 0 radical (unpaired) electrons. The molecule has 0 spiro atoms. The lowest BCUT2D eigenvalue weighted by Crippen LogP contribution is -2.39. The van der Waals surface area contributed by atoms with E-state index in [4.69, 9.17) is 16.3 Å². The highest BCUT2D eigenvalue weighted by Gasteiger charge is 2.31. The minimum atomic E-state index is -0.532. The van der Waals surface area contributed by atoms with Crippen LogP contribution in [0.4, 0.5) is 15.9 Å². The highest BCUT2D eigenvalue weighted by molar-refractivity contribution is 6.30. The summed E-state index contributed by atoms with van der Waals surface area (Å²) in [6, 6.07) is 5.12. The first kappa shape index (κ1) is 25.3. The van der Waals surface area contributed by atoms with Crippen molar-refractivity contribution >= 4 is 34.9 Å². The lowest BCUT2D eigenvalue weighted by molar-refractivity contribution is -0.130. The molecule has 0 bridgehead atoms. The monoisotopic (exact) mass is 513 g/mol. The molecule has 12 heteroatoms. The van der Waals surface area contributed by atoms with Gasteiger partial charge in [0.1, 0.15) is 5.82 Å². The minimum Gasteiger partial charge on any atom is -0.491 e. The molecule has 2 atom stereocenters. The third-order valence-corrected chi connectivity index (χ3v) is 5.90. The van der Waals surface area contributed by atoms with E-state index >= 15 is 0 Å². The van der Waals surface area contributed by atoms with Gasteiger partial charge in [0.25, 0.3) is 5.91 Å². The van der Waals surface area contributed by atoms with Crippen LogP contribution in [0.5, 0.6) is 5.75 Å². The lowest BCUT2D eigenvalue weighted by Gasteiger charge is -2.17. The topological polar surface area (TPSA) is 121 Å². The fraction of sp³-hybridized carbons (Fsp3) is 0.292. The molecule has 188 valence electrons. The van der Waals surface area contributed by atoms with E-state index in [1.807, 2.05) is 0 Å². The second-order valence-electron chi connectivity index (χ2n) is 8.38. The Balaban J connectivity index is 1.56. The third-order valence-electron chi connectivity index (χ3n) is 5.67. The Kier molecular flexibility index (Phi) is 7.61. The van der Waals surface area contributed by atoms with Gasteiger partial charge in [-0.05, 0) is 30.7 Å². The molecule has 10 nitrogen and oxygen atoms in total. The number of likely N-dealkylation sites (N-methyl/N-ethyl adjacent to an activating group) is 1. The molecule has 3 N–H and O–H groups in total. The van der Waals surface area contributed by atoms with E-state index in [0.29, 0.717) is 23.7 Å². The smallest absolute Gasteiger partial charge is 0.255 e. The summed E-state index contributed by atoms with van der Waals surface area (Å²) in [7, 11) is 4.83. The van der Waals surface area contributed by atoms with Gasteiger partial charge in [0.2, 0.25) is 5.91 Å². The van der Waals surface area contributed by atoms with Gasteiger partial charge in [-0.15, -0.1) is 0 Å². The minimum absolute atomic E-state index is 0.0433. The Labute approximate surface area is 212 Å². The summed E-state index contributed by atoms with van der Waals surface area (Å²) < 4.78 is 19.8. The Hall–Kier alpha value is -3.83. The number of halogens is 2. The van der Waals surface area contributed by atoms with Crippen LogP contribution in [0.1, 0.15) is 16.8 Å². The molecule has 3 aromatic rings. The number of amides is 2. The first-order chi connectivity index (χ1) is 17.3. The lowest BCUT2D eigenvalue weighted by atomic mass is 10.1. The van der Waals surface area contributed by atoms with Crippen LogP contribution in [-0.4, -0.2) is 71.5 Å². The quantitative estimate of drug-likeness (QED) is 0.441. The highest BCUT2D eigenvalue weighted by Crippen LogP contribution is 2.30. The molecule has 1 saturated heterocycles. The summed E-state index contributed by atoms with van der Waals surface area (Å²) in [4.78, 5) is 39.5. The molecule has 1 aliphatic rings. The molecule has 1 unspecified atom stereocenters. The van der Waals surface area contributed by atoms with E-state index in [-0.39, 0.29) is 52.4 Å². The average Bonchev–Trinajstić information content (AvgIpc) is 3.33. The van der Waals surface area contributed by atoms with Crippen molar-refractivity contribution in [1.29, 1.82) is 0 Å². The third kappa shape index (κ3) is 5.52. The number of carbonyl (C=O) groups excluding carboxylic acids is 2. The summed E-state index contributed by atoms with van der Waals surface area (Å²) in [6.45, 7) is 0.466. The van der Waals surface area contributed by atoms with Crippen LogP contribution in [0.3, 0.4) is 0 Å². The second-order valence-corrected chi connectivity index (χ2v) is 8.82. The predicted octanol–water partition coefficient (Wildman–Crippen LogP) is 2.63. The fourth-order valence-electron chi connectivity index (χ4n) is 3.83. The van der Waals surface area contributed by atoms with Crippen molar-refractivity contribution in [2.24, 2.45) is 0 Å². The number of carbonyl (C=O) groups is 2. The second kappa shape index (κ2) is 10.8. The maximum Gasteiger partial charge on any atom is 0.255 e. The van der Waals surface area contributed by atoms with Crippen molar-refractivity contribution in [3.63, 3.8) is 0 Å². The molecule has 3 heterocycles. The fourth-order valence-corrected chi connectivity index (χ4v) is 4.00. The van der Waals surface area contributed by atoms with Gasteiger partial charge in [0.15, 0.2) is 17.4 Å². The average molecular weight is 514 g/mol. The first-order valence-corrected chi connectivity index (χ1v) is 11.5. The van der Waals surface area contributed by atoms with E-state index in [1.54, 1.807) is 20.2 Å². The van der Waals surface area contributed by atoms with E-state index in [1.165, 1.54) is 48.8 Å². The van der Waals surface area contributed by atoms with Crippen molar-refractivity contribution in [3.05, 3.63) is 59.3 Å². The van der Waals surface area contributed by atoms with Crippen molar-refractivity contribution in [3.8, 4) is 17.1 Å². The van der Waals surface area contributed by atoms with Crippen molar-refractivity contribution in [2.75, 3.05) is 33.1 Å². The Morgan fingerprint density at radius 1 is 1.25 bits per heavy atom. The molecule has 0 saturated carbocycles. The number of nitrogens with one attached hydrogen (secondary N) is 3. The number of methoxy groups -OCH3 is 1. The van der Waals surface area contributed by atoms with Crippen LogP contribution in [0.25, 0.3) is 11.4 Å². The number of hydrogen-bond acceptors (Lipinski definition) is 8. The van der Waals surface area contributed by atoms with E-state index in [9.17, 15) is 14.0 Å². The molecule has 2 amide bonds. The van der Waals surface area contributed by atoms with Crippen molar-refractivity contribution in [2.45, 2.75) is 18.5 Å². The molecule has 1 fully saturated rings. The summed E-state index contributed by atoms with van der Waals surface area (Å²) in [6.07, 6.45) is 4.82. The van der Waals surface area contributed by atoms with E-state index in [0.717, 1.165) is 0 Å². The van der Waals surface area contributed by atoms with Crippen LogP contribution in [0.15, 0.2) is 42.9 Å². The van der Waals surface area contributed by atoms with E-state index < -0.39 is 5.82 Å². The summed E-state index contributed by atoms with van der Waals surface area (Å²) in [5.74, 6) is -0.346. The van der Waals surface area contributed by atoms with Gasteiger partial charge in [-0.3, -0.25) is 14.6 Å². The number of benzene rings is 1. The van der Waals surface area contributed by atoms with Crippen LogP contribution < -0.4 is 20.7 Å². The van der Waals surface area contributed by atoms with Gasteiger partial charge < -0.3 is 25.6 Å². The number of rotatable bonds is 7. The zero-order valence-electron chi connectivity index (χ0n) is 19.9. The molecule has 4 rings (SSSR count). The van der Waals surface area contributed by atoms with Gasteiger partial charge in [0, 0.05) is 44.1 Å². The summed E-state index contributed by atoms with van der Waals surface area (Å²) in [5.41, 5.74) is 0.788. The van der Waals surface area contributed by atoms with E-state index in [2.05, 4.69) is 30.9 Å². The van der Waals surface area contributed by atoms with Gasteiger partial charge in [0.05, 0.1) is 36.2 Å². The van der Waals surface area contributed by atoms with Crippen LogP contribution >= 0.6 is 11.6 Å². The van der Waals surface area contributed by atoms with Gasteiger partial charge in [-0.2, -0.15) is 0 Å². The Bertz CT molecular complexity index is 1290. The molecule has 2 aromatic heterocycles. The number of pyridine rings is 1. The van der Waals surface area contributed by atoms with Crippen LogP contribution in [-0.2, 0) is 4.79 Å².